The topological polar surface area (TPSA) is 78.1 Å². The highest BCUT2D eigenvalue weighted by atomic mass is 16.2. The van der Waals surface area contributed by atoms with Crippen molar-refractivity contribution in [2.75, 3.05) is 46.5 Å². The number of allylic oxidation sites excluding steroid dienone is 4. The summed E-state index contributed by atoms with van der Waals surface area (Å²) < 4.78 is 0. The molecule has 7 nitrogen and oxygen atoms in total. The van der Waals surface area contributed by atoms with Crippen LogP contribution < -0.4 is 5.73 Å². The molecule has 206 valence electrons. The lowest BCUT2D eigenvalue weighted by Gasteiger charge is -2.29. The Kier molecular flexibility index (Phi) is 15.8. The van der Waals surface area contributed by atoms with E-state index in [9.17, 15) is 4.79 Å². The van der Waals surface area contributed by atoms with E-state index in [1.807, 2.05) is 93.5 Å². The summed E-state index contributed by atoms with van der Waals surface area (Å²) in [5, 5.41) is 6.44. The Labute approximate surface area is 230 Å². The molecule has 7 heteroatoms. The molecule has 0 spiro atoms. The molecule has 38 heavy (non-hydrogen) atoms. The van der Waals surface area contributed by atoms with Crippen molar-refractivity contribution in [1.29, 1.82) is 0 Å². The van der Waals surface area contributed by atoms with E-state index < -0.39 is 0 Å². The van der Waals surface area contributed by atoms with Crippen molar-refractivity contribution in [3.63, 3.8) is 0 Å². The molecule has 1 saturated heterocycles. The Hall–Kier alpha value is -3.71. The van der Waals surface area contributed by atoms with Crippen LogP contribution in [0.5, 0.6) is 0 Å². The lowest BCUT2D eigenvalue weighted by molar-refractivity contribution is 0.0827. The van der Waals surface area contributed by atoms with Gasteiger partial charge in [-0.15, -0.1) is 0 Å². The lowest BCUT2D eigenvalue weighted by Crippen LogP contribution is -2.34. The number of hydrazone groups is 1. The van der Waals surface area contributed by atoms with Crippen molar-refractivity contribution in [1.82, 2.24) is 19.8 Å². The van der Waals surface area contributed by atoms with Crippen molar-refractivity contribution in [2.24, 2.45) is 5.10 Å². The molecule has 0 radical (unpaired) electrons. The van der Waals surface area contributed by atoms with Gasteiger partial charge in [0.25, 0.3) is 5.91 Å². The van der Waals surface area contributed by atoms with Gasteiger partial charge in [-0.25, -0.2) is 0 Å². The minimum atomic E-state index is 0.0469. The number of hydrogen-bond acceptors (Lipinski definition) is 6. The van der Waals surface area contributed by atoms with Gasteiger partial charge < -0.3 is 10.6 Å². The Morgan fingerprint density at radius 3 is 2.26 bits per heavy atom. The molecule has 0 atom stereocenters. The molecule has 2 heterocycles. The SMILES string of the molecule is C=C/C=C(/CN1CCCCC1)N(C)/N=C\C=C(/C)c1ccc(N)cn1.CC.CN(C)C(=O)c1ccccc1. The number of likely N-dealkylation sites (N-methyl/N-ethyl adjacent to an activating group) is 1. The maximum Gasteiger partial charge on any atom is 0.253 e. The Morgan fingerprint density at radius 2 is 1.71 bits per heavy atom. The monoisotopic (exact) mass is 518 g/mol. The zero-order chi connectivity index (χ0) is 28.3. The first-order valence-corrected chi connectivity index (χ1v) is 13.3. The summed E-state index contributed by atoms with van der Waals surface area (Å²) in [6, 6.07) is 13.0. The highest BCUT2D eigenvalue weighted by molar-refractivity contribution is 5.93. The Balaban J connectivity index is 0.000000463. The van der Waals surface area contributed by atoms with E-state index in [1.54, 1.807) is 31.4 Å². The second-order valence-electron chi connectivity index (χ2n) is 8.91. The summed E-state index contributed by atoms with van der Waals surface area (Å²) in [6.07, 6.45) is 13.2. The van der Waals surface area contributed by atoms with E-state index in [-0.39, 0.29) is 5.91 Å². The number of nitrogen functional groups attached to an aromatic ring is 1. The number of piperidine rings is 1. The maximum absolute atomic E-state index is 11.3. The van der Waals surface area contributed by atoms with Crippen molar-refractivity contribution in [3.8, 4) is 0 Å². The van der Waals surface area contributed by atoms with Crippen LogP contribution in [0, 0.1) is 0 Å². The molecule has 0 saturated carbocycles. The van der Waals surface area contributed by atoms with Crippen LogP contribution in [0.4, 0.5) is 5.69 Å². The fourth-order valence-corrected chi connectivity index (χ4v) is 3.63. The van der Waals surface area contributed by atoms with Gasteiger partial charge in [-0.05, 0) is 74.8 Å². The van der Waals surface area contributed by atoms with Crippen molar-refractivity contribution >= 4 is 23.4 Å². The number of carbonyl (C=O) groups excluding carboxylic acids is 1. The predicted molar refractivity (Wildman–Crippen MR) is 163 cm³/mol. The van der Waals surface area contributed by atoms with Crippen LogP contribution >= 0.6 is 0 Å². The highest BCUT2D eigenvalue weighted by Gasteiger charge is 2.13. The summed E-state index contributed by atoms with van der Waals surface area (Å²) >= 11 is 0. The molecule has 1 aliphatic rings. The smallest absolute Gasteiger partial charge is 0.253 e. The van der Waals surface area contributed by atoms with E-state index in [0.717, 1.165) is 42.2 Å². The third-order valence-electron chi connectivity index (χ3n) is 5.74. The Morgan fingerprint density at radius 1 is 1.05 bits per heavy atom. The molecule has 1 amide bonds. The third-order valence-corrected chi connectivity index (χ3v) is 5.74. The molecule has 2 aromatic rings. The van der Waals surface area contributed by atoms with E-state index in [1.165, 1.54) is 19.3 Å². The van der Waals surface area contributed by atoms with Gasteiger partial charge in [0, 0.05) is 39.5 Å². The average Bonchev–Trinajstić information content (AvgIpc) is 2.95. The molecule has 0 unspecified atom stereocenters. The standard InChI is InChI=1S/C20H29N5.C9H11NO.C2H6/c1-4-8-19(16-25-13-6-5-7-14-25)24(3)23-12-11-17(2)20-10-9-18(21)15-22-20;1-10(2)9(11)8-6-4-3-5-7-8;1-2/h4,8-12,15H,1,5-7,13-14,16,21H2,2-3H3;3-7H,1-2H3;1-2H3/b17-11+,19-8-,23-12-;;. The summed E-state index contributed by atoms with van der Waals surface area (Å²) in [4.78, 5) is 19.6. The van der Waals surface area contributed by atoms with Crippen LogP contribution in [0.3, 0.4) is 0 Å². The summed E-state index contributed by atoms with van der Waals surface area (Å²) in [5.41, 5.74) is 10.2. The molecule has 2 N–H and O–H groups in total. The van der Waals surface area contributed by atoms with Crippen LogP contribution in [-0.2, 0) is 0 Å². The number of pyridine rings is 1. The molecule has 0 aliphatic carbocycles. The average molecular weight is 519 g/mol. The van der Waals surface area contributed by atoms with E-state index in [4.69, 9.17) is 5.73 Å². The van der Waals surface area contributed by atoms with Gasteiger partial charge in [0.15, 0.2) is 0 Å². The number of nitrogens with two attached hydrogens (primary N) is 1. The van der Waals surface area contributed by atoms with Crippen LogP contribution in [0.2, 0.25) is 0 Å². The van der Waals surface area contributed by atoms with Gasteiger partial charge in [0.05, 0.1) is 23.3 Å². The van der Waals surface area contributed by atoms with E-state index >= 15 is 0 Å². The number of hydrogen-bond donors (Lipinski definition) is 1. The van der Waals surface area contributed by atoms with Gasteiger partial charge in [-0.2, -0.15) is 5.10 Å². The first-order chi connectivity index (χ1) is 18.3. The number of rotatable bonds is 8. The first-order valence-electron chi connectivity index (χ1n) is 13.3. The zero-order valence-electron chi connectivity index (χ0n) is 24.1. The van der Waals surface area contributed by atoms with Crippen molar-refractivity contribution < 1.29 is 4.79 Å². The molecular weight excluding hydrogens is 472 g/mol. The fourth-order valence-electron chi connectivity index (χ4n) is 3.63. The van der Waals surface area contributed by atoms with Crippen LogP contribution in [-0.4, -0.2) is 72.7 Å². The lowest BCUT2D eigenvalue weighted by atomic mass is 10.1. The van der Waals surface area contributed by atoms with E-state index in [0.29, 0.717) is 5.69 Å². The summed E-state index contributed by atoms with van der Waals surface area (Å²) in [7, 11) is 5.46. The Bertz CT molecular complexity index is 1040. The third kappa shape index (κ3) is 12.0. The highest BCUT2D eigenvalue weighted by Crippen LogP contribution is 2.14. The number of likely N-dealkylation sites (tertiary alicyclic amines) is 1. The molecule has 1 aliphatic heterocycles. The van der Waals surface area contributed by atoms with Crippen LogP contribution in [0.15, 0.2) is 84.3 Å². The van der Waals surface area contributed by atoms with Crippen molar-refractivity contribution in [2.45, 2.75) is 40.0 Å². The van der Waals surface area contributed by atoms with E-state index in [2.05, 4.69) is 21.6 Å². The summed E-state index contributed by atoms with van der Waals surface area (Å²) in [5.74, 6) is 0.0469. The molecular formula is C31H46N6O. The quantitative estimate of drug-likeness (QED) is 0.265. The fraction of sp³-hybridized carbons (Fsp3) is 0.387. The summed E-state index contributed by atoms with van der Waals surface area (Å²) in [6.45, 7) is 13.1. The predicted octanol–water partition coefficient (Wildman–Crippen LogP) is 5.96. The molecule has 3 rings (SSSR count). The molecule has 1 fully saturated rings. The minimum Gasteiger partial charge on any atom is -0.397 e. The normalized spacial score (nSPS) is 14.1. The van der Waals surface area contributed by atoms with Gasteiger partial charge in [-0.3, -0.25) is 19.7 Å². The number of anilines is 1. The number of aromatic nitrogens is 1. The second-order valence-corrected chi connectivity index (χ2v) is 8.91. The minimum absolute atomic E-state index is 0.0469. The molecule has 0 bridgehead atoms. The molecule has 1 aromatic carbocycles. The number of carbonyl (C=O) groups is 1. The maximum atomic E-state index is 11.3. The van der Waals surface area contributed by atoms with Gasteiger partial charge >= 0.3 is 0 Å². The second kappa shape index (κ2) is 18.5. The largest absolute Gasteiger partial charge is 0.397 e. The number of amides is 1. The van der Waals surface area contributed by atoms with Gasteiger partial charge in [-0.1, -0.05) is 51.1 Å². The zero-order valence-corrected chi connectivity index (χ0v) is 24.1. The van der Waals surface area contributed by atoms with Crippen LogP contribution in [0.25, 0.3) is 5.57 Å². The first kappa shape index (κ1) is 32.3. The van der Waals surface area contributed by atoms with Gasteiger partial charge in [0.2, 0.25) is 0 Å². The van der Waals surface area contributed by atoms with Crippen molar-refractivity contribution in [3.05, 3.63) is 90.4 Å². The number of nitrogens with zero attached hydrogens (tertiary/aromatic N) is 5. The van der Waals surface area contributed by atoms with Crippen LogP contribution in [0.1, 0.15) is 56.1 Å². The van der Waals surface area contributed by atoms with Gasteiger partial charge in [0.1, 0.15) is 0 Å². The molecule has 1 aromatic heterocycles. The number of benzene rings is 1.